The summed E-state index contributed by atoms with van der Waals surface area (Å²) >= 11 is 1.28. The summed E-state index contributed by atoms with van der Waals surface area (Å²) in [4.78, 5) is 29.0. The van der Waals surface area contributed by atoms with E-state index in [0.29, 0.717) is 27.8 Å². The van der Waals surface area contributed by atoms with Crippen LogP contribution in [-0.4, -0.2) is 22.9 Å². The van der Waals surface area contributed by atoms with E-state index in [2.05, 4.69) is 15.6 Å². The summed E-state index contributed by atoms with van der Waals surface area (Å²) < 4.78 is 11.1. The molecule has 7 nitrogen and oxygen atoms in total. The predicted octanol–water partition coefficient (Wildman–Crippen LogP) is 4.80. The summed E-state index contributed by atoms with van der Waals surface area (Å²) in [5.41, 5.74) is 1.74. The van der Waals surface area contributed by atoms with Crippen LogP contribution >= 0.6 is 11.3 Å². The van der Waals surface area contributed by atoms with Gasteiger partial charge in [0.25, 0.3) is 5.91 Å². The molecule has 2 aromatic heterocycles. The van der Waals surface area contributed by atoms with Crippen LogP contribution in [-0.2, 0) is 11.2 Å². The molecule has 0 unspecified atom stereocenters. The maximum Gasteiger partial charge on any atom is 0.260 e. The van der Waals surface area contributed by atoms with Crippen LogP contribution in [0.1, 0.15) is 47.5 Å². The van der Waals surface area contributed by atoms with Gasteiger partial charge in [0.15, 0.2) is 5.13 Å². The van der Waals surface area contributed by atoms with Crippen molar-refractivity contribution in [1.82, 2.24) is 4.98 Å². The fourth-order valence-corrected chi connectivity index (χ4v) is 4.15. The lowest BCUT2D eigenvalue weighted by Crippen LogP contribution is -2.15. The number of anilines is 2. The lowest BCUT2D eigenvalue weighted by Gasteiger charge is -2.14. The standard InChI is InChI=1S/C22H23N3O4S/c1-14-19(9-10-28-14)21(27)25-22-24-16(13-30-22)12-20(26)23-15-5-4-8-18(11-15)29-17-6-2-3-7-17/h4-5,8-11,13,17H,2-3,6-7,12H2,1H3,(H,23,26)(H,24,25,27). The molecule has 1 aromatic carbocycles. The zero-order valence-electron chi connectivity index (χ0n) is 16.6. The number of carbonyl (C=O) groups is 2. The van der Waals surface area contributed by atoms with E-state index in [1.807, 2.05) is 24.3 Å². The number of nitrogens with one attached hydrogen (secondary N) is 2. The molecule has 1 aliphatic carbocycles. The summed E-state index contributed by atoms with van der Waals surface area (Å²) in [6.07, 6.45) is 6.43. The summed E-state index contributed by atoms with van der Waals surface area (Å²) in [7, 11) is 0. The number of furan rings is 1. The van der Waals surface area contributed by atoms with Crippen molar-refractivity contribution in [2.45, 2.75) is 45.1 Å². The summed E-state index contributed by atoms with van der Waals surface area (Å²) in [6.45, 7) is 1.72. The molecule has 1 saturated carbocycles. The quantitative estimate of drug-likeness (QED) is 0.567. The first-order chi connectivity index (χ1) is 14.6. The van der Waals surface area contributed by atoms with Gasteiger partial charge in [0.05, 0.1) is 30.0 Å². The molecule has 2 heterocycles. The number of benzene rings is 1. The molecule has 0 bridgehead atoms. The third-order valence-corrected chi connectivity index (χ3v) is 5.75. The van der Waals surface area contributed by atoms with Crippen molar-refractivity contribution in [2.75, 3.05) is 10.6 Å². The van der Waals surface area contributed by atoms with Gasteiger partial charge < -0.3 is 14.5 Å². The van der Waals surface area contributed by atoms with Crippen molar-refractivity contribution in [2.24, 2.45) is 0 Å². The van der Waals surface area contributed by atoms with Crippen molar-refractivity contribution < 1.29 is 18.7 Å². The highest BCUT2D eigenvalue weighted by atomic mass is 32.1. The van der Waals surface area contributed by atoms with Crippen LogP contribution < -0.4 is 15.4 Å². The predicted molar refractivity (Wildman–Crippen MR) is 115 cm³/mol. The average molecular weight is 426 g/mol. The molecule has 4 rings (SSSR count). The van der Waals surface area contributed by atoms with Gasteiger partial charge in [-0.1, -0.05) is 6.07 Å². The number of hydrogen-bond acceptors (Lipinski definition) is 6. The van der Waals surface area contributed by atoms with Crippen molar-refractivity contribution in [3.8, 4) is 5.75 Å². The first-order valence-electron chi connectivity index (χ1n) is 9.93. The maximum atomic E-state index is 12.4. The minimum absolute atomic E-state index is 0.116. The largest absolute Gasteiger partial charge is 0.490 e. The Hall–Kier alpha value is -3.13. The SMILES string of the molecule is Cc1occc1C(=O)Nc1nc(CC(=O)Nc2cccc(OC3CCCC3)c2)cs1. The molecule has 0 saturated heterocycles. The highest BCUT2D eigenvalue weighted by Gasteiger charge is 2.17. The van der Waals surface area contributed by atoms with Crippen molar-refractivity contribution >= 4 is 34.0 Å². The number of amides is 2. The minimum atomic E-state index is -0.286. The van der Waals surface area contributed by atoms with Gasteiger partial charge in [-0.25, -0.2) is 4.98 Å². The highest BCUT2D eigenvalue weighted by molar-refractivity contribution is 7.14. The van der Waals surface area contributed by atoms with E-state index < -0.39 is 0 Å². The Morgan fingerprint density at radius 2 is 2.07 bits per heavy atom. The highest BCUT2D eigenvalue weighted by Crippen LogP contribution is 2.26. The summed E-state index contributed by atoms with van der Waals surface area (Å²) in [5, 5.41) is 7.81. The Morgan fingerprint density at radius 1 is 1.23 bits per heavy atom. The van der Waals surface area contributed by atoms with Crippen molar-refractivity contribution in [3.63, 3.8) is 0 Å². The maximum absolute atomic E-state index is 12.4. The van der Waals surface area contributed by atoms with Gasteiger partial charge in [0, 0.05) is 17.1 Å². The van der Waals surface area contributed by atoms with Gasteiger partial charge in [-0.15, -0.1) is 11.3 Å². The molecule has 0 spiro atoms. The average Bonchev–Trinajstić information content (AvgIpc) is 3.45. The van der Waals surface area contributed by atoms with Crippen LogP contribution in [0.3, 0.4) is 0 Å². The number of ether oxygens (including phenoxy) is 1. The van der Waals surface area contributed by atoms with Crippen LogP contribution in [0.2, 0.25) is 0 Å². The van der Waals surface area contributed by atoms with Crippen LogP contribution in [0.5, 0.6) is 5.75 Å². The second-order valence-electron chi connectivity index (χ2n) is 7.27. The Labute approximate surface area is 178 Å². The van der Waals surface area contributed by atoms with Gasteiger partial charge in [-0.3, -0.25) is 14.9 Å². The van der Waals surface area contributed by atoms with Crippen LogP contribution in [0.4, 0.5) is 10.8 Å². The van der Waals surface area contributed by atoms with Crippen LogP contribution in [0.25, 0.3) is 0 Å². The van der Waals surface area contributed by atoms with E-state index in [1.165, 1.54) is 30.4 Å². The van der Waals surface area contributed by atoms with Crippen molar-refractivity contribution in [1.29, 1.82) is 0 Å². The third kappa shape index (κ3) is 5.07. The number of hydrogen-bond donors (Lipinski definition) is 2. The van der Waals surface area contributed by atoms with E-state index in [9.17, 15) is 9.59 Å². The molecule has 0 atom stereocenters. The number of nitrogens with zero attached hydrogens (tertiary/aromatic N) is 1. The number of thiazole rings is 1. The second-order valence-corrected chi connectivity index (χ2v) is 8.12. The Morgan fingerprint density at radius 3 is 2.83 bits per heavy atom. The lowest BCUT2D eigenvalue weighted by molar-refractivity contribution is -0.115. The van der Waals surface area contributed by atoms with Gasteiger partial charge in [0.1, 0.15) is 11.5 Å². The molecule has 2 N–H and O–H groups in total. The fourth-order valence-electron chi connectivity index (χ4n) is 3.45. The second kappa shape index (κ2) is 9.13. The lowest BCUT2D eigenvalue weighted by atomic mass is 10.2. The molecule has 8 heteroatoms. The van der Waals surface area contributed by atoms with Gasteiger partial charge >= 0.3 is 0 Å². The number of aromatic nitrogens is 1. The molecular weight excluding hydrogens is 402 g/mol. The number of aryl methyl sites for hydroxylation is 1. The fraction of sp³-hybridized carbons (Fsp3) is 0.318. The van der Waals surface area contributed by atoms with E-state index in [-0.39, 0.29) is 24.3 Å². The molecule has 1 aliphatic rings. The zero-order valence-corrected chi connectivity index (χ0v) is 17.5. The summed E-state index contributed by atoms with van der Waals surface area (Å²) in [5.74, 6) is 0.850. The molecule has 2 amide bonds. The number of rotatable bonds is 7. The smallest absolute Gasteiger partial charge is 0.260 e. The number of carbonyl (C=O) groups excluding carboxylic acids is 2. The van der Waals surface area contributed by atoms with Gasteiger partial charge in [-0.2, -0.15) is 0 Å². The zero-order chi connectivity index (χ0) is 20.9. The van der Waals surface area contributed by atoms with E-state index in [4.69, 9.17) is 9.15 Å². The normalized spacial score (nSPS) is 13.9. The molecule has 1 fully saturated rings. The van der Waals surface area contributed by atoms with E-state index >= 15 is 0 Å². The molecule has 30 heavy (non-hydrogen) atoms. The Balaban J connectivity index is 1.31. The first-order valence-corrected chi connectivity index (χ1v) is 10.8. The Bertz CT molecular complexity index is 1040. The summed E-state index contributed by atoms with van der Waals surface area (Å²) in [6, 6.07) is 9.06. The molecule has 0 aliphatic heterocycles. The van der Waals surface area contributed by atoms with Crippen molar-refractivity contribution in [3.05, 3.63) is 59.0 Å². The molecule has 3 aromatic rings. The topological polar surface area (TPSA) is 93.5 Å². The van der Waals surface area contributed by atoms with Gasteiger partial charge in [-0.05, 0) is 50.8 Å². The monoisotopic (exact) mass is 425 g/mol. The minimum Gasteiger partial charge on any atom is -0.490 e. The van der Waals surface area contributed by atoms with Gasteiger partial charge in [0.2, 0.25) is 5.91 Å². The first kappa shape index (κ1) is 20.2. The van der Waals surface area contributed by atoms with Crippen LogP contribution in [0, 0.1) is 6.92 Å². The molecule has 156 valence electrons. The van der Waals surface area contributed by atoms with E-state index in [0.717, 1.165) is 18.6 Å². The van der Waals surface area contributed by atoms with E-state index in [1.54, 1.807) is 18.4 Å². The molecular formula is C22H23N3O4S. The Kier molecular flexibility index (Phi) is 6.13. The molecule has 0 radical (unpaired) electrons. The van der Waals surface area contributed by atoms with Crippen LogP contribution in [0.15, 0.2) is 46.4 Å². The third-order valence-electron chi connectivity index (χ3n) is 4.94.